The molecule has 0 aromatic heterocycles. The lowest BCUT2D eigenvalue weighted by Crippen LogP contribution is -2.49. The van der Waals surface area contributed by atoms with Gasteiger partial charge >= 0.3 is 0 Å². The Morgan fingerprint density at radius 3 is 2.36 bits per heavy atom. The van der Waals surface area contributed by atoms with Crippen LogP contribution in [0.4, 0.5) is 0 Å². The maximum absolute atomic E-state index is 9.22. The van der Waals surface area contributed by atoms with Crippen molar-refractivity contribution in [1.82, 2.24) is 0 Å². The van der Waals surface area contributed by atoms with Crippen molar-refractivity contribution in [2.24, 2.45) is 0 Å². The molecule has 1 aliphatic rings. The monoisotopic (exact) mass is 180 g/mol. The van der Waals surface area contributed by atoms with Crippen molar-refractivity contribution in [2.45, 2.75) is 23.6 Å². The number of hydrogen-bond acceptors (Lipinski definition) is 5. The van der Waals surface area contributed by atoms with Gasteiger partial charge in [0.15, 0.2) is 0 Å². The van der Waals surface area contributed by atoms with Crippen LogP contribution in [0.1, 0.15) is 0 Å². The molecule has 4 atom stereocenters. The molecule has 1 saturated heterocycles. The molecule has 0 radical (unpaired) electrons. The first kappa shape index (κ1) is 9.28. The Morgan fingerprint density at radius 1 is 1.18 bits per heavy atom. The molecule has 0 bridgehead atoms. The molecule has 5 heteroatoms. The number of aliphatic hydroxyl groups is 4. The summed E-state index contributed by atoms with van der Waals surface area (Å²) >= 11 is 1.27. The Hall–Kier alpha value is 0.190. The Kier molecular flexibility index (Phi) is 3.15. The SMILES string of the molecule is OCC1SCC(O)C(O)C1O. The summed E-state index contributed by atoms with van der Waals surface area (Å²) in [6.07, 6.45) is -3.01. The summed E-state index contributed by atoms with van der Waals surface area (Å²) in [5, 5.41) is 35.7. The van der Waals surface area contributed by atoms with Gasteiger partial charge in [-0.2, -0.15) is 11.8 Å². The van der Waals surface area contributed by atoms with Crippen molar-refractivity contribution in [3.8, 4) is 0 Å². The van der Waals surface area contributed by atoms with E-state index in [0.29, 0.717) is 5.75 Å². The van der Waals surface area contributed by atoms with Gasteiger partial charge in [0.1, 0.15) is 6.10 Å². The van der Waals surface area contributed by atoms with Gasteiger partial charge in [0.05, 0.1) is 24.1 Å². The van der Waals surface area contributed by atoms with Gasteiger partial charge in [-0.25, -0.2) is 0 Å². The molecular formula is C6H12O4S. The number of rotatable bonds is 1. The molecule has 1 aliphatic heterocycles. The van der Waals surface area contributed by atoms with Crippen molar-refractivity contribution < 1.29 is 20.4 Å². The van der Waals surface area contributed by atoms with Gasteiger partial charge in [0.2, 0.25) is 0 Å². The molecule has 1 fully saturated rings. The smallest absolute Gasteiger partial charge is 0.108 e. The van der Waals surface area contributed by atoms with Crippen LogP contribution in [0.2, 0.25) is 0 Å². The third-order valence-corrected chi connectivity index (χ3v) is 3.18. The maximum atomic E-state index is 9.22. The molecule has 0 aromatic carbocycles. The molecule has 0 aliphatic carbocycles. The lowest BCUT2D eigenvalue weighted by atomic mass is 10.1. The van der Waals surface area contributed by atoms with Crippen molar-refractivity contribution >= 4 is 11.8 Å². The second-order valence-electron chi connectivity index (χ2n) is 2.60. The second-order valence-corrected chi connectivity index (χ2v) is 3.88. The number of aliphatic hydroxyl groups excluding tert-OH is 4. The summed E-state index contributed by atoms with van der Waals surface area (Å²) < 4.78 is 0. The van der Waals surface area contributed by atoms with Crippen molar-refractivity contribution in [2.75, 3.05) is 12.4 Å². The summed E-state index contributed by atoms with van der Waals surface area (Å²) in [7, 11) is 0. The van der Waals surface area contributed by atoms with E-state index in [4.69, 9.17) is 15.3 Å². The number of thioether (sulfide) groups is 1. The lowest BCUT2D eigenvalue weighted by Gasteiger charge is -2.33. The molecule has 0 spiro atoms. The fourth-order valence-electron chi connectivity index (χ4n) is 1.03. The summed E-state index contributed by atoms with van der Waals surface area (Å²) in [5.74, 6) is 0.365. The minimum atomic E-state index is -1.12. The first-order valence-corrected chi connectivity index (χ1v) is 4.48. The largest absolute Gasteiger partial charge is 0.395 e. The quantitative estimate of drug-likeness (QED) is 0.382. The lowest BCUT2D eigenvalue weighted by molar-refractivity contribution is -0.0595. The van der Waals surface area contributed by atoms with Crippen LogP contribution >= 0.6 is 11.8 Å². The Balaban J connectivity index is 2.52. The fraction of sp³-hybridized carbons (Fsp3) is 1.00. The molecule has 1 rings (SSSR count). The van der Waals surface area contributed by atoms with E-state index in [1.807, 2.05) is 0 Å². The van der Waals surface area contributed by atoms with E-state index in [2.05, 4.69) is 0 Å². The molecule has 0 amide bonds. The average Bonchev–Trinajstić information content (AvgIpc) is 2.01. The Bertz CT molecular complexity index is 130. The summed E-state index contributed by atoms with van der Waals surface area (Å²) in [4.78, 5) is 0. The topological polar surface area (TPSA) is 80.9 Å². The highest BCUT2D eigenvalue weighted by molar-refractivity contribution is 8.00. The molecule has 4 nitrogen and oxygen atoms in total. The minimum absolute atomic E-state index is 0.171. The average molecular weight is 180 g/mol. The fourth-order valence-corrected chi connectivity index (χ4v) is 2.13. The molecular weight excluding hydrogens is 168 g/mol. The summed E-state index contributed by atoms with van der Waals surface area (Å²) in [6.45, 7) is -0.171. The molecule has 66 valence electrons. The van der Waals surface area contributed by atoms with Crippen LogP contribution in [0.15, 0.2) is 0 Å². The van der Waals surface area contributed by atoms with Gasteiger partial charge in [-0.1, -0.05) is 0 Å². The van der Waals surface area contributed by atoms with Crippen LogP contribution in [0.3, 0.4) is 0 Å². The van der Waals surface area contributed by atoms with Crippen molar-refractivity contribution in [3.05, 3.63) is 0 Å². The van der Waals surface area contributed by atoms with Gasteiger partial charge in [0, 0.05) is 5.75 Å². The van der Waals surface area contributed by atoms with Gasteiger partial charge < -0.3 is 20.4 Å². The van der Waals surface area contributed by atoms with E-state index < -0.39 is 18.3 Å². The molecule has 4 unspecified atom stereocenters. The first-order chi connectivity index (χ1) is 5.16. The van der Waals surface area contributed by atoms with Crippen LogP contribution in [0, 0.1) is 0 Å². The van der Waals surface area contributed by atoms with E-state index >= 15 is 0 Å². The van der Waals surface area contributed by atoms with Crippen molar-refractivity contribution in [1.29, 1.82) is 0 Å². The molecule has 0 saturated carbocycles. The van der Waals surface area contributed by atoms with Gasteiger partial charge in [0.25, 0.3) is 0 Å². The van der Waals surface area contributed by atoms with Gasteiger partial charge in [-0.15, -0.1) is 0 Å². The van der Waals surface area contributed by atoms with E-state index in [0.717, 1.165) is 0 Å². The van der Waals surface area contributed by atoms with E-state index in [-0.39, 0.29) is 11.9 Å². The third-order valence-electron chi connectivity index (χ3n) is 1.79. The molecule has 11 heavy (non-hydrogen) atoms. The molecule has 0 aromatic rings. The zero-order valence-corrected chi connectivity index (χ0v) is 6.74. The highest BCUT2D eigenvalue weighted by Gasteiger charge is 2.36. The Labute approximate surface area is 68.9 Å². The van der Waals surface area contributed by atoms with Gasteiger partial charge in [-0.3, -0.25) is 0 Å². The maximum Gasteiger partial charge on any atom is 0.108 e. The predicted molar refractivity (Wildman–Crippen MR) is 41.4 cm³/mol. The van der Waals surface area contributed by atoms with Crippen LogP contribution in [0.5, 0.6) is 0 Å². The summed E-state index contributed by atoms with van der Waals surface area (Å²) in [6, 6.07) is 0. The zero-order chi connectivity index (χ0) is 8.43. The zero-order valence-electron chi connectivity index (χ0n) is 5.92. The minimum Gasteiger partial charge on any atom is -0.395 e. The van der Waals surface area contributed by atoms with E-state index in [1.54, 1.807) is 0 Å². The highest BCUT2D eigenvalue weighted by atomic mass is 32.2. The van der Waals surface area contributed by atoms with Gasteiger partial charge in [-0.05, 0) is 0 Å². The predicted octanol–water partition coefficient (Wildman–Crippen LogP) is -1.82. The number of hydrogen-bond donors (Lipinski definition) is 4. The molecule has 4 N–H and O–H groups in total. The standard InChI is InChI=1S/C6H12O4S/c7-1-4-6(10)5(9)3(8)2-11-4/h3-10H,1-2H2. The third kappa shape index (κ3) is 1.86. The normalized spacial score (nSPS) is 45.8. The van der Waals surface area contributed by atoms with E-state index in [9.17, 15) is 5.11 Å². The second kappa shape index (κ2) is 3.73. The van der Waals surface area contributed by atoms with Crippen LogP contribution in [-0.4, -0.2) is 56.3 Å². The van der Waals surface area contributed by atoms with Crippen molar-refractivity contribution in [3.63, 3.8) is 0 Å². The molecule has 1 heterocycles. The highest BCUT2D eigenvalue weighted by Crippen LogP contribution is 2.25. The Morgan fingerprint density at radius 2 is 1.82 bits per heavy atom. The van der Waals surface area contributed by atoms with Crippen LogP contribution < -0.4 is 0 Å². The summed E-state index contributed by atoms with van der Waals surface area (Å²) in [5.41, 5.74) is 0. The first-order valence-electron chi connectivity index (χ1n) is 3.43. The van der Waals surface area contributed by atoms with Crippen LogP contribution in [0.25, 0.3) is 0 Å². The van der Waals surface area contributed by atoms with E-state index in [1.165, 1.54) is 11.8 Å². The van der Waals surface area contributed by atoms with Crippen LogP contribution in [-0.2, 0) is 0 Å².